The average Bonchev–Trinajstić information content (AvgIpc) is 2.49. The van der Waals surface area contributed by atoms with Gasteiger partial charge in [0.25, 0.3) is 0 Å². The Kier molecular flexibility index (Phi) is 10.5. The van der Waals surface area contributed by atoms with E-state index in [4.69, 9.17) is 0 Å². The molecule has 1 rings (SSSR count). The molecule has 0 fully saturated rings. The van der Waals surface area contributed by atoms with E-state index in [-0.39, 0.29) is 24.0 Å². The number of hydrogen-bond donors (Lipinski definition) is 2. The summed E-state index contributed by atoms with van der Waals surface area (Å²) in [5, 5.41) is 3.07. The summed E-state index contributed by atoms with van der Waals surface area (Å²) in [6.07, 6.45) is -2.68. The van der Waals surface area contributed by atoms with Gasteiger partial charge < -0.3 is 10.2 Å². The molecule has 1 aromatic rings. The van der Waals surface area contributed by atoms with Crippen LogP contribution in [0, 0.1) is 0 Å². The molecule has 1 aromatic carbocycles. The molecular formula is C15H24F3IN4O2S. The third-order valence-electron chi connectivity index (χ3n) is 3.28. The Morgan fingerprint density at radius 2 is 1.77 bits per heavy atom. The summed E-state index contributed by atoms with van der Waals surface area (Å²) < 4.78 is 62.0. The maximum atomic E-state index is 12.6. The lowest BCUT2D eigenvalue weighted by Gasteiger charge is -2.22. The van der Waals surface area contributed by atoms with Gasteiger partial charge >= 0.3 is 6.18 Å². The number of aliphatic imine (C=N–C) groups is 1. The third-order valence-corrected chi connectivity index (χ3v) is 4.00. The second-order valence-electron chi connectivity index (χ2n) is 5.54. The van der Waals surface area contributed by atoms with Crippen molar-refractivity contribution in [3.05, 3.63) is 35.4 Å². The van der Waals surface area contributed by atoms with Gasteiger partial charge in [0.1, 0.15) is 0 Å². The summed E-state index contributed by atoms with van der Waals surface area (Å²) in [6, 6.07) is 4.97. The van der Waals surface area contributed by atoms with Crippen LogP contribution in [0.5, 0.6) is 0 Å². The third kappa shape index (κ3) is 9.57. The minimum atomic E-state index is -4.35. The zero-order valence-electron chi connectivity index (χ0n) is 14.8. The maximum absolute atomic E-state index is 12.6. The summed E-state index contributed by atoms with van der Waals surface area (Å²) in [7, 11) is 0.163. The van der Waals surface area contributed by atoms with Gasteiger partial charge in [-0.15, -0.1) is 24.0 Å². The van der Waals surface area contributed by atoms with Crippen molar-refractivity contribution in [1.29, 1.82) is 0 Å². The van der Waals surface area contributed by atoms with E-state index < -0.39 is 21.8 Å². The van der Waals surface area contributed by atoms with Gasteiger partial charge in [0.2, 0.25) is 10.0 Å². The van der Waals surface area contributed by atoms with Crippen molar-refractivity contribution in [2.45, 2.75) is 19.1 Å². The van der Waals surface area contributed by atoms with Crippen molar-refractivity contribution in [2.75, 3.05) is 33.4 Å². The number of nitrogens with one attached hydrogen (secondary N) is 2. The van der Waals surface area contributed by atoms with Crippen molar-refractivity contribution < 1.29 is 21.6 Å². The molecule has 6 nitrogen and oxygen atoms in total. The first kappa shape index (κ1) is 24.9. The first-order chi connectivity index (χ1) is 11.5. The van der Waals surface area contributed by atoms with Crippen LogP contribution in [0.1, 0.15) is 17.5 Å². The Morgan fingerprint density at radius 1 is 1.19 bits per heavy atom. The Bertz CT molecular complexity index is 679. The maximum Gasteiger partial charge on any atom is 0.416 e. The SMILES string of the molecule is CN=C(NCCCNS(C)(=O)=O)N(C)Cc1ccc(C(F)(F)F)cc1.I. The van der Waals surface area contributed by atoms with Crippen molar-refractivity contribution in [1.82, 2.24) is 14.9 Å². The number of nitrogens with zero attached hydrogens (tertiary/aromatic N) is 2. The molecule has 0 heterocycles. The average molecular weight is 508 g/mol. The summed E-state index contributed by atoms with van der Waals surface area (Å²) in [5.41, 5.74) is 0.0389. The van der Waals surface area contributed by atoms with Crippen molar-refractivity contribution in [2.24, 2.45) is 4.99 Å². The van der Waals surface area contributed by atoms with Crippen molar-refractivity contribution >= 4 is 40.0 Å². The van der Waals surface area contributed by atoms with Crippen LogP contribution >= 0.6 is 24.0 Å². The Morgan fingerprint density at radius 3 is 2.23 bits per heavy atom. The highest BCUT2D eigenvalue weighted by Crippen LogP contribution is 2.29. The predicted molar refractivity (Wildman–Crippen MR) is 107 cm³/mol. The molecular weight excluding hydrogens is 484 g/mol. The molecule has 0 saturated carbocycles. The largest absolute Gasteiger partial charge is 0.416 e. The molecule has 0 radical (unpaired) electrons. The van der Waals surface area contributed by atoms with E-state index in [1.54, 1.807) is 19.0 Å². The molecule has 11 heteroatoms. The van der Waals surface area contributed by atoms with E-state index in [1.807, 2.05) is 0 Å². The lowest BCUT2D eigenvalue weighted by Crippen LogP contribution is -2.39. The van der Waals surface area contributed by atoms with E-state index in [0.717, 1.165) is 24.0 Å². The van der Waals surface area contributed by atoms with Crippen LogP contribution in [0.3, 0.4) is 0 Å². The highest BCUT2D eigenvalue weighted by molar-refractivity contribution is 14.0. The predicted octanol–water partition coefficient (Wildman–Crippen LogP) is 2.27. The smallest absolute Gasteiger partial charge is 0.356 e. The number of rotatable bonds is 7. The molecule has 0 spiro atoms. The highest BCUT2D eigenvalue weighted by Gasteiger charge is 2.29. The highest BCUT2D eigenvalue weighted by atomic mass is 127. The Balaban J connectivity index is 0.00000625. The number of benzene rings is 1. The fourth-order valence-corrected chi connectivity index (χ4v) is 2.59. The van der Waals surface area contributed by atoms with Gasteiger partial charge in [-0.05, 0) is 24.1 Å². The van der Waals surface area contributed by atoms with Gasteiger partial charge in [-0.3, -0.25) is 4.99 Å². The number of sulfonamides is 1. The summed E-state index contributed by atoms with van der Waals surface area (Å²) in [6.45, 7) is 1.21. The second kappa shape index (κ2) is 10.9. The first-order valence-corrected chi connectivity index (χ1v) is 9.44. The lowest BCUT2D eigenvalue weighted by molar-refractivity contribution is -0.137. The van der Waals surface area contributed by atoms with Gasteiger partial charge in [0.15, 0.2) is 5.96 Å². The van der Waals surface area contributed by atoms with Gasteiger partial charge in [-0.25, -0.2) is 13.1 Å². The van der Waals surface area contributed by atoms with E-state index in [1.165, 1.54) is 12.1 Å². The quantitative estimate of drug-likeness (QED) is 0.257. The minimum absolute atomic E-state index is 0. The molecule has 0 atom stereocenters. The van der Waals surface area contributed by atoms with Crippen molar-refractivity contribution in [3.63, 3.8) is 0 Å². The first-order valence-electron chi connectivity index (χ1n) is 7.55. The molecule has 0 aliphatic rings. The normalized spacial score (nSPS) is 12.5. The molecule has 0 aliphatic carbocycles. The number of halogens is 4. The second-order valence-corrected chi connectivity index (χ2v) is 7.38. The zero-order chi connectivity index (χ0) is 19.1. The topological polar surface area (TPSA) is 73.8 Å². The van der Waals surface area contributed by atoms with Crippen LogP contribution in [-0.4, -0.2) is 52.7 Å². The van der Waals surface area contributed by atoms with Gasteiger partial charge in [-0.1, -0.05) is 12.1 Å². The Labute approximate surface area is 169 Å². The van der Waals surface area contributed by atoms with Gasteiger partial charge in [0, 0.05) is 33.7 Å². The fraction of sp³-hybridized carbons (Fsp3) is 0.533. The number of guanidine groups is 1. The van der Waals surface area contributed by atoms with Gasteiger partial charge in [0.05, 0.1) is 11.8 Å². The van der Waals surface area contributed by atoms with E-state index in [0.29, 0.717) is 32.0 Å². The monoisotopic (exact) mass is 508 g/mol. The fourth-order valence-electron chi connectivity index (χ4n) is 2.08. The van der Waals surface area contributed by atoms with Crippen LogP contribution in [0.2, 0.25) is 0 Å². The van der Waals surface area contributed by atoms with E-state index >= 15 is 0 Å². The zero-order valence-corrected chi connectivity index (χ0v) is 17.9. The standard InChI is InChI=1S/C15H23F3N4O2S.HI/c1-19-14(20-9-4-10-21-25(3,23)24)22(2)11-12-5-7-13(8-6-12)15(16,17)18;/h5-8,21H,4,9-11H2,1-3H3,(H,19,20);1H. The summed E-state index contributed by atoms with van der Waals surface area (Å²) in [5.74, 6) is 0.569. The molecule has 0 saturated heterocycles. The molecule has 26 heavy (non-hydrogen) atoms. The minimum Gasteiger partial charge on any atom is -0.356 e. The van der Waals surface area contributed by atoms with Crippen LogP contribution in [0.4, 0.5) is 13.2 Å². The number of hydrogen-bond acceptors (Lipinski definition) is 3. The van der Waals surface area contributed by atoms with Gasteiger partial charge in [-0.2, -0.15) is 13.2 Å². The molecule has 0 bridgehead atoms. The molecule has 0 aromatic heterocycles. The van der Waals surface area contributed by atoms with E-state index in [2.05, 4.69) is 15.0 Å². The van der Waals surface area contributed by atoms with Crippen LogP contribution in [0.25, 0.3) is 0 Å². The molecule has 2 N–H and O–H groups in total. The molecule has 0 unspecified atom stereocenters. The molecule has 0 aliphatic heterocycles. The number of alkyl halides is 3. The summed E-state index contributed by atoms with van der Waals surface area (Å²) in [4.78, 5) is 5.87. The van der Waals surface area contributed by atoms with Crippen molar-refractivity contribution in [3.8, 4) is 0 Å². The van der Waals surface area contributed by atoms with Crippen LogP contribution in [-0.2, 0) is 22.7 Å². The Hall–Kier alpha value is -1.08. The molecule has 0 amide bonds. The van der Waals surface area contributed by atoms with E-state index in [9.17, 15) is 21.6 Å². The lowest BCUT2D eigenvalue weighted by atomic mass is 10.1. The van der Waals surface area contributed by atoms with Crippen LogP contribution in [0.15, 0.2) is 29.3 Å². The summed E-state index contributed by atoms with van der Waals surface area (Å²) >= 11 is 0. The van der Waals surface area contributed by atoms with Crippen LogP contribution < -0.4 is 10.0 Å². The molecule has 150 valence electrons.